The minimum atomic E-state index is -0.134. The van der Waals surface area contributed by atoms with Crippen molar-refractivity contribution >= 4 is 23.2 Å². The molecule has 36 heavy (non-hydrogen) atoms. The highest BCUT2D eigenvalue weighted by molar-refractivity contribution is 6.30. The standard InChI is InChI=1S/C30H32ClN3O2/c1-30(2,3)24-9-7-23(8-10-24)29(35)33-26-13-16-27(17-14-26)36-28(20-34-19-18-32-21-34)15-6-22-4-11-25(31)12-5-22/h4-5,7-14,16-19,21,28H,6,15,20H2,1-3H3,(H,33,35). The van der Waals surface area contributed by atoms with E-state index in [0.717, 1.165) is 29.3 Å². The van der Waals surface area contributed by atoms with Crippen LogP contribution < -0.4 is 10.1 Å². The Hall–Kier alpha value is -3.57. The number of carbonyl (C=O) groups excluding carboxylic acids is 1. The van der Waals surface area contributed by atoms with E-state index >= 15 is 0 Å². The van der Waals surface area contributed by atoms with E-state index in [-0.39, 0.29) is 17.4 Å². The van der Waals surface area contributed by atoms with E-state index in [0.29, 0.717) is 12.1 Å². The molecule has 5 nitrogen and oxygen atoms in total. The predicted octanol–water partition coefficient (Wildman–Crippen LogP) is 7.17. The van der Waals surface area contributed by atoms with Crippen LogP contribution in [0, 0.1) is 0 Å². The first-order valence-corrected chi connectivity index (χ1v) is 12.5. The fourth-order valence-electron chi connectivity index (χ4n) is 3.93. The third-order valence-electron chi connectivity index (χ3n) is 6.07. The highest BCUT2D eigenvalue weighted by atomic mass is 35.5. The number of nitrogens with one attached hydrogen (secondary N) is 1. The van der Waals surface area contributed by atoms with Crippen molar-refractivity contribution < 1.29 is 9.53 Å². The van der Waals surface area contributed by atoms with Crippen LogP contribution in [-0.4, -0.2) is 21.6 Å². The van der Waals surface area contributed by atoms with Crippen LogP contribution in [0.4, 0.5) is 5.69 Å². The lowest BCUT2D eigenvalue weighted by Crippen LogP contribution is -2.23. The Morgan fingerprint density at radius 2 is 1.69 bits per heavy atom. The first-order valence-electron chi connectivity index (χ1n) is 12.1. The van der Waals surface area contributed by atoms with Crippen LogP contribution in [0.25, 0.3) is 0 Å². The van der Waals surface area contributed by atoms with E-state index in [2.05, 4.69) is 31.1 Å². The fraction of sp³-hybridized carbons (Fsp3) is 0.267. The van der Waals surface area contributed by atoms with Crippen molar-refractivity contribution in [3.63, 3.8) is 0 Å². The molecule has 0 bridgehead atoms. The number of ether oxygens (including phenoxy) is 1. The highest BCUT2D eigenvalue weighted by Crippen LogP contribution is 2.23. The van der Waals surface area contributed by atoms with Gasteiger partial charge in [0.2, 0.25) is 0 Å². The number of hydrogen-bond donors (Lipinski definition) is 1. The minimum absolute atomic E-state index is 0.0448. The van der Waals surface area contributed by atoms with Crippen LogP contribution in [0.5, 0.6) is 5.75 Å². The zero-order valence-electron chi connectivity index (χ0n) is 20.9. The highest BCUT2D eigenvalue weighted by Gasteiger charge is 2.15. The quantitative estimate of drug-likeness (QED) is 0.264. The summed E-state index contributed by atoms with van der Waals surface area (Å²) in [6.45, 7) is 7.16. The molecule has 186 valence electrons. The Bertz CT molecular complexity index is 1240. The van der Waals surface area contributed by atoms with Crippen molar-refractivity contribution in [2.45, 2.75) is 51.7 Å². The van der Waals surface area contributed by atoms with Crippen LogP contribution in [-0.2, 0) is 18.4 Å². The molecule has 0 saturated carbocycles. The van der Waals surface area contributed by atoms with Gasteiger partial charge in [-0.05, 0) is 77.9 Å². The maximum Gasteiger partial charge on any atom is 0.255 e. The lowest BCUT2D eigenvalue weighted by atomic mass is 9.87. The molecule has 6 heteroatoms. The summed E-state index contributed by atoms with van der Waals surface area (Å²) in [6.07, 6.45) is 7.17. The monoisotopic (exact) mass is 501 g/mol. The molecular formula is C30H32ClN3O2. The average Bonchev–Trinajstić information content (AvgIpc) is 3.37. The molecule has 0 aliphatic heterocycles. The fourth-order valence-corrected chi connectivity index (χ4v) is 4.06. The minimum Gasteiger partial charge on any atom is -0.489 e. The second-order valence-electron chi connectivity index (χ2n) is 9.97. The van der Waals surface area contributed by atoms with Gasteiger partial charge in [-0.3, -0.25) is 4.79 Å². The Labute approximate surface area is 218 Å². The van der Waals surface area contributed by atoms with Crippen LogP contribution in [0.15, 0.2) is 91.5 Å². The van der Waals surface area contributed by atoms with E-state index < -0.39 is 0 Å². The summed E-state index contributed by atoms with van der Waals surface area (Å²) in [4.78, 5) is 16.8. The van der Waals surface area contributed by atoms with Gasteiger partial charge < -0.3 is 14.6 Å². The molecule has 3 aromatic carbocycles. The molecule has 0 radical (unpaired) electrons. The Kier molecular flexibility index (Phi) is 8.11. The summed E-state index contributed by atoms with van der Waals surface area (Å²) >= 11 is 6.02. The zero-order chi connectivity index (χ0) is 25.5. The SMILES string of the molecule is CC(C)(C)c1ccc(C(=O)Nc2ccc(OC(CCc3ccc(Cl)cc3)Cn3ccnc3)cc2)cc1. The lowest BCUT2D eigenvalue weighted by Gasteiger charge is -2.20. The summed E-state index contributed by atoms with van der Waals surface area (Å²) in [5.74, 6) is 0.619. The van der Waals surface area contributed by atoms with E-state index in [4.69, 9.17) is 16.3 Å². The third kappa shape index (κ3) is 7.22. The van der Waals surface area contributed by atoms with Gasteiger partial charge in [0, 0.05) is 28.7 Å². The number of aryl methyl sites for hydroxylation is 1. The van der Waals surface area contributed by atoms with Gasteiger partial charge in [-0.15, -0.1) is 0 Å². The summed E-state index contributed by atoms with van der Waals surface area (Å²) < 4.78 is 8.36. The number of carbonyl (C=O) groups is 1. The maximum atomic E-state index is 12.7. The number of aromatic nitrogens is 2. The number of halogens is 1. The molecule has 1 atom stereocenters. The van der Waals surface area contributed by atoms with Crippen LogP contribution in [0.3, 0.4) is 0 Å². The second kappa shape index (κ2) is 11.4. The number of anilines is 1. The molecule has 1 heterocycles. The van der Waals surface area contributed by atoms with E-state index in [1.165, 1.54) is 11.1 Å². The normalized spacial score (nSPS) is 12.2. The van der Waals surface area contributed by atoms with Gasteiger partial charge in [0.15, 0.2) is 0 Å². The summed E-state index contributed by atoms with van der Waals surface area (Å²) in [5, 5.41) is 3.70. The van der Waals surface area contributed by atoms with E-state index in [1.54, 1.807) is 12.5 Å². The second-order valence-corrected chi connectivity index (χ2v) is 10.4. The predicted molar refractivity (Wildman–Crippen MR) is 146 cm³/mol. The summed E-state index contributed by atoms with van der Waals surface area (Å²) in [6, 6.07) is 23.2. The van der Waals surface area contributed by atoms with Gasteiger partial charge in [-0.25, -0.2) is 4.98 Å². The first kappa shape index (κ1) is 25.5. The smallest absolute Gasteiger partial charge is 0.255 e. The molecule has 4 rings (SSSR count). The Morgan fingerprint density at radius 1 is 1.00 bits per heavy atom. The largest absolute Gasteiger partial charge is 0.489 e. The molecule has 0 aliphatic carbocycles. The Morgan fingerprint density at radius 3 is 2.31 bits per heavy atom. The molecular weight excluding hydrogens is 470 g/mol. The maximum absolute atomic E-state index is 12.7. The van der Waals surface area contributed by atoms with Gasteiger partial charge in [0.05, 0.1) is 12.9 Å². The van der Waals surface area contributed by atoms with Crippen molar-refractivity contribution in [2.75, 3.05) is 5.32 Å². The first-order chi connectivity index (χ1) is 17.3. The molecule has 1 N–H and O–H groups in total. The average molecular weight is 502 g/mol. The number of hydrogen-bond acceptors (Lipinski definition) is 3. The van der Waals surface area contributed by atoms with Crippen molar-refractivity contribution in [2.24, 2.45) is 0 Å². The van der Waals surface area contributed by atoms with Gasteiger partial charge >= 0.3 is 0 Å². The molecule has 1 unspecified atom stereocenters. The zero-order valence-corrected chi connectivity index (χ0v) is 21.7. The van der Waals surface area contributed by atoms with Crippen LogP contribution in [0.1, 0.15) is 48.7 Å². The lowest BCUT2D eigenvalue weighted by molar-refractivity contribution is 0.102. The molecule has 0 spiro atoms. The van der Waals surface area contributed by atoms with Crippen molar-refractivity contribution in [3.8, 4) is 5.75 Å². The number of nitrogens with zero attached hydrogens (tertiary/aromatic N) is 2. The molecule has 0 saturated heterocycles. The van der Waals surface area contributed by atoms with Gasteiger partial charge in [-0.1, -0.05) is 56.6 Å². The molecule has 1 aromatic heterocycles. The van der Waals surface area contributed by atoms with Crippen molar-refractivity contribution in [3.05, 3.63) is 113 Å². The van der Waals surface area contributed by atoms with E-state index in [9.17, 15) is 4.79 Å². The number of amides is 1. The molecule has 4 aromatic rings. The number of imidazole rings is 1. The van der Waals surface area contributed by atoms with E-state index in [1.807, 2.05) is 83.6 Å². The van der Waals surface area contributed by atoms with Crippen molar-refractivity contribution in [1.29, 1.82) is 0 Å². The molecule has 1 amide bonds. The van der Waals surface area contributed by atoms with Crippen LogP contribution in [0.2, 0.25) is 5.02 Å². The van der Waals surface area contributed by atoms with Gasteiger partial charge in [0.25, 0.3) is 5.91 Å². The Balaban J connectivity index is 1.38. The van der Waals surface area contributed by atoms with Crippen LogP contribution >= 0.6 is 11.6 Å². The molecule has 0 aliphatic rings. The van der Waals surface area contributed by atoms with Crippen molar-refractivity contribution in [1.82, 2.24) is 9.55 Å². The topological polar surface area (TPSA) is 56.1 Å². The number of benzene rings is 3. The van der Waals surface area contributed by atoms with Gasteiger partial charge in [0.1, 0.15) is 11.9 Å². The number of rotatable bonds is 9. The molecule has 0 fully saturated rings. The summed E-state index contributed by atoms with van der Waals surface area (Å²) in [5.41, 5.74) is 3.81. The summed E-state index contributed by atoms with van der Waals surface area (Å²) in [7, 11) is 0. The van der Waals surface area contributed by atoms with Gasteiger partial charge in [-0.2, -0.15) is 0 Å². The third-order valence-corrected chi connectivity index (χ3v) is 6.32.